The molecule has 2 N–H and O–H groups in total. The zero-order valence-electron chi connectivity index (χ0n) is 18.4. The fourth-order valence-corrected chi connectivity index (χ4v) is 4.81. The lowest BCUT2D eigenvalue weighted by molar-refractivity contribution is 0.245. The Morgan fingerprint density at radius 1 is 1.27 bits per heavy atom. The van der Waals surface area contributed by atoms with Crippen molar-refractivity contribution in [1.82, 2.24) is 20.5 Å². The van der Waals surface area contributed by atoms with Gasteiger partial charge in [-0.2, -0.15) is 0 Å². The van der Waals surface area contributed by atoms with E-state index < -0.39 is 0 Å². The van der Waals surface area contributed by atoms with E-state index in [1.54, 1.807) is 18.4 Å². The number of aryl methyl sites for hydroxylation is 2. The number of methoxy groups -OCH3 is 1. The Morgan fingerprint density at radius 3 is 2.67 bits per heavy atom. The van der Waals surface area contributed by atoms with Crippen LogP contribution in [0.25, 0.3) is 0 Å². The first kappa shape index (κ1) is 24.9. The van der Waals surface area contributed by atoms with E-state index >= 15 is 0 Å². The number of rotatable bonds is 8. The summed E-state index contributed by atoms with van der Waals surface area (Å²) in [5, 5.41) is 8.11. The number of ether oxygens (including phenoxy) is 1. The van der Waals surface area contributed by atoms with Crippen LogP contribution in [-0.4, -0.2) is 56.2 Å². The number of hydrogen-bond donors (Lipinski definition) is 2. The van der Waals surface area contributed by atoms with Crippen LogP contribution in [-0.2, 0) is 6.42 Å². The number of benzene rings is 1. The standard InChI is InChI=1S/C22H33N5OS.HI/c1-16-21(29-17(2)26-16)10-11-24-22(23-3)25-15-20(27-12-5-6-13-27)18-8-7-9-19(14-18)28-4;/h7-9,14,20H,5-6,10-13,15H2,1-4H3,(H2,23,24,25);1H. The van der Waals surface area contributed by atoms with Crippen LogP contribution in [0.4, 0.5) is 0 Å². The molecule has 1 aromatic carbocycles. The van der Waals surface area contributed by atoms with E-state index in [1.165, 1.54) is 23.3 Å². The van der Waals surface area contributed by atoms with Crippen molar-refractivity contribution < 1.29 is 4.74 Å². The highest BCUT2D eigenvalue weighted by Crippen LogP contribution is 2.27. The van der Waals surface area contributed by atoms with Crippen molar-refractivity contribution in [1.29, 1.82) is 0 Å². The van der Waals surface area contributed by atoms with Gasteiger partial charge < -0.3 is 15.4 Å². The van der Waals surface area contributed by atoms with Gasteiger partial charge in [0, 0.05) is 31.4 Å². The van der Waals surface area contributed by atoms with Crippen molar-refractivity contribution in [3.63, 3.8) is 0 Å². The highest BCUT2D eigenvalue weighted by Gasteiger charge is 2.24. The average Bonchev–Trinajstić information content (AvgIpc) is 3.36. The number of halogens is 1. The molecule has 1 saturated heterocycles. The van der Waals surface area contributed by atoms with Gasteiger partial charge in [0.05, 0.1) is 23.9 Å². The van der Waals surface area contributed by atoms with E-state index in [4.69, 9.17) is 4.74 Å². The minimum Gasteiger partial charge on any atom is -0.497 e. The number of guanidine groups is 1. The maximum absolute atomic E-state index is 5.44. The van der Waals surface area contributed by atoms with Crippen LogP contribution in [0.1, 0.15) is 40.0 Å². The topological polar surface area (TPSA) is 61.8 Å². The molecule has 6 nitrogen and oxygen atoms in total. The van der Waals surface area contributed by atoms with Crippen LogP contribution in [0.15, 0.2) is 29.3 Å². The lowest BCUT2D eigenvalue weighted by Crippen LogP contribution is -2.43. The molecular formula is C22H34IN5OS. The molecule has 1 atom stereocenters. The van der Waals surface area contributed by atoms with Crippen LogP contribution >= 0.6 is 35.3 Å². The molecule has 2 heterocycles. The third-order valence-corrected chi connectivity index (χ3v) is 6.52. The molecule has 3 rings (SSSR count). The summed E-state index contributed by atoms with van der Waals surface area (Å²) in [6.07, 6.45) is 3.49. The fourth-order valence-electron chi connectivity index (χ4n) is 3.87. The van der Waals surface area contributed by atoms with E-state index in [0.717, 1.165) is 55.0 Å². The second-order valence-electron chi connectivity index (χ2n) is 7.41. The normalized spacial score (nSPS) is 15.5. The fraction of sp³-hybridized carbons (Fsp3) is 0.545. The third-order valence-electron chi connectivity index (χ3n) is 5.39. The molecule has 30 heavy (non-hydrogen) atoms. The molecule has 1 aromatic heterocycles. The summed E-state index contributed by atoms with van der Waals surface area (Å²) >= 11 is 1.78. The van der Waals surface area contributed by atoms with Gasteiger partial charge >= 0.3 is 0 Å². The van der Waals surface area contributed by atoms with Crippen molar-refractivity contribution in [2.24, 2.45) is 4.99 Å². The van der Waals surface area contributed by atoms with Gasteiger partial charge in [-0.05, 0) is 57.5 Å². The molecule has 1 aliphatic rings. The summed E-state index contributed by atoms with van der Waals surface area (Å²) in [4.78, 5) is 12.8. The summed E-state index contributed by atoms with van der Waals surface area (Å²) in [6, 6.07) is 8.72. The Labute approximate surface area is 201 Å². The van der Waals surface area contributed by atoms with E-state index in [1.807, 2.05) is 13.1 Å². The smallest absolute Gasteiger partial charge is 0.191 e. The zero-order chi connectivity index (χ0) is 20.6. The molecule has 1 fully saturated rings. The molecule has 0 saturated carbocycles. The van der Waals surface area contributed by atoms with Crippen molar-refractivity contribution in [3.8, 4) is 5.75 Å². The average molecular weight is 544 g/mol. The number of hydrogen-bond acceptors (Lipinski definition) is 5. The number of nitrogens with one attached hydrogen (secondary N) is 2. The van der Waals surface area contributed by atoms with Crippen molar-refractivity contribution >= 4 is 41.3 Å². The molecule has 166 valence electrons. The Hall–Kier alpha value is -1.39. The molecule has 1 aliphatic heterocycles. The maximum Gasteiger partial charge on any atom is 0.191 e. The summed E-state index contributed by atoms with van der Waals surface area (Å²) in [5.74, 6) is 1.75. The Kier molecular flexibility index (Phi) is 10.3. The zero-order valence-corrected chi connectivity index (χ0v) is 21.5. The number of thiazole rings is 1. The third kappa shape index (κ3) is 6.81. The van der Waals surface area contributed by atoms with Crippen molar-refractivity contribution in [2.45, 2.75) is 39.2 Å². The largest absolute Gasteiger partial charge is 0.497 e. The summed E-state index contributed by atoms with van der Waals surface area (Å²) in [6.45, 7) is 8.08. The SMILES string of the molecule is CN=C(NCCc1sc(C)nc1C)NCC(c1cccc(OC)c1)N1CCCC1.I. The molecule has 0 aliphatic carbocycles. The lowest BCUT2D eigenvalue weighted by Gasteiger charge is -2.29. The number of likely N-dealkylation sites (tertiary alicyclic amines) is 1. The van der Waals surface area contributed by atoms with Gasteiger partial charge in [-0.15, -0.1) is 35.3 Å². The highest BCUT2D eigenvalue weighted by molar-refractivity contribution is 14.0. The summed E-state index contributed by atoms with van der Waals surface area (Å²) in [5.41, 5.74) is 2.43. The quantitative estimate of drug-likeness (QED) is 0.300. The first-order valence-electron chi connectivity index (χ1n) is 10.4. The van der Waals surface area contributed by atoms with Gasteiger partial charge in [-0.3, -0.25) is 9.89 Å². The highest BCUT2D eigenvalue weighted by atomic mass is 127. The van der Waals surface area contributed by atoms with E-state index in [9.17, 15) is 0 Å². The number of nitrogens with zero attached hydrogens (tertiary/aromatic N) is 3. The van der Waals surface area contributed by atoms with Gasteiger partial charge in [-0.25, -0.2) is 4.98 Å². The van der Waals surface area contributed by atoms with Crippen LogP contribution in [0, 0.1) is 13.8 Å². The van der Waals surface area contributed by atoms with E-state index in [0.29, 0.717) is 6.04 Å². The second kappa shape index (κ2) is 12.5. The number of aromatic nitrogens is 1. The van der Waals surface area contributed by atoms with E-state index in [2.05, 4.69) is 57.6 Å². The van der Waals surface area contributed by atoms with Crippen LogP contribution in [0.5, 0.6) is 5.75 Å². The van der Waals surface area contributed by atoms with E-state index in [-0.39, 0.29) is 24.0 Å². The van der Waals surface area contributed by atoms with Gasteiger partial charge in [0.2, 0.25) is 0 Å². The molecule has 0 spiro atoms. The first-order valence-corrected chi connectivity index (χ1v) is 11.2. The van der Waals surface area contributed by atoms with Crippen LogP contribution in [0.3, 0.4) is 0 Å². The molecule has 8 heteroatoms. The maximum atomic E-state index is 5.44. The predicted molar refractivity (Wildman–Crippen MR) is 137 cm³/mol. The molecule has 0 radical (unpaired) electrons. The summed E-state index contributed by atoms with van der Waals surface area (Å²) in [7, 11) is 3.55. The predicted octanol–water partition coefficient (Wildman–Crippen LogP) is 3.93. The van der Waals surface area contributed by atoms with Crippen LogP contribution < -0.4 is 15.4 Å². The molecule has 0 bridgehead atoms. The van der Waals surface area contributed by atoms with Crippen molar-refractivity contribution in [2.75, 3.05) is 40.3 Å². The van der Waals surface area contributed by atoms with Gasteiger partial charge in [-0.1, -0.05) is 12.1 Å². The molecular weight excluding hydrogens is 509 g/mol. The lowest BCUT2D eigenvalue weighted by atomic mass is 10.1. The Balaban J connectivity index is 0.00000320. The van der Waals surface area contributed by atoms with Crippen LogP contribution in [0.2, 0.25) is 0 Å². The monoisotopic (exact) mass is 543 g/mol. The summed E-state index contributed by atoms with van der Waals surface area (Å²) < 4.78 is 5.44. The first-order chi connectivity index (χ1) is 14.1. The Bertz CT molecular complexity index is 820. The Morgan fingerprint density at radius 2 is 2.03 bits per heavy atom. The second-order valence-corrected chi connectivity index (χ2v) is 8.69. The molecule has 0 amide bonds. The van der Waals surface area contributed by atoms with Gasteiger partial charge in [0.15, 0.2) is 5.96 Å². The number of aliphatic imine (C=N–C) groups is 1. The molecule has 1 unspecified atom stereocenters. The minimum atomic E-state index is 0. The van der Waals surface area contributed by atoms with Gasteiger partial charge in [0.25, 0.3) is 0 Å². The molecule has 2 aromatic rings. The minimum absolute atomic E-state index is 0. The van der Waals surface area contributed by atoms with Crippen molar-refractivity contribution in [3.05, 3.63) is 45.4 Å². The van der Waals surface area contributed by atoms with Gasteiger partial charge in [0.1, 0.15) is 5.75 Å².